The lowest BCUT2D eigenvalue weighted by Crippen LogP contribution is -2.51. The standard InChI is InChI=1S/C20H30ClN5O/c21-18-6-7-19(24-23-18)26-12-8-15(9-13-26)20(27)22-14-16-4-3-11-25-10-2-1-5-17(16)25/h6-7,15-17H,1-5,8-14H2,(H,22,27)/t16-,17+/m0/s1. The van der Waals surface area contributed by atoms with Gasteiger partial charge in [0, 0.05) is 31.6 Å². The molecule has 1 N–H and O–H groups in total. The molecule has 3 aliphatic rings. The average Bonchev–Trinajstić information content (AvgIpc) is 2.72. The van der Waals surface area contributed by atoms with Crippen LogP contribution in [0, 0.1) is 11.8 Å². The van der Waals surface area contributed by atoms with Crippen LogP contribution in [0.2, 0.25) is 5.15 Å². The van der Waals surface area contributed by atoms with Gasteiger partial charge < -0.3 is 15.1 Å². The Morgan fingerprint density at radius 3 is 2.63 bits per heavy atom. The van der Waals surface area contributed by atoms with E-state index in [0.29, 0.717) is 17.1 Å². The molecule has 27 heavy (non-hydrogen) atoms. The smallest absolute Gasteiger partial charge is 0.223 e. The molecule has 1 amide bonds. The van der Waals surface area contributed by atoms with Gasteiger partial charge in [-0.3, -0.25) is 4.79 Å². The van der Waals surface area contributed by atoms with Gasteiger partial charge in [0.2, 0.25) is 5.91 Å². The molecule has 0 aliphatic carbocycles. The average molecular weight is 392 g/mol. The predicted molar refractivity (Wildman–Crippen MR) is 107 cm³/mol. The summed E-state index contributed by atoms with van der Waals surface area (Å²) in [5, 5.41) is 11.8. The Morgan fingerprint density at radius 1 is 1.04 bits per heavy atom. The highest BCUT2D eigenvalue weighted by Gasteiger charge is 2.33. The van der Waals surface area contributed by atoms with Gasteiger partial charge >= 0.3 is 0 Å². The van der Waals surface area contributed by atoms with Crippen LogP contribution in [-0.2, 0) is 4.79 Å². The normalized spacial score (nSPS) is 27.2. The van der Waals surface area contributed by atoms with E-state index in [-0.39, 0.29) is 11.8 Å². The topological polar surface area (TPSA) is 61.4 Å². The van der Waals surface area contributed by atoms with Gasteiger partial charge in [0.15, 0.2) is 11.0 Å². The van der Waals surface area contributed by atoms with Crippen molar-refractivity contribution in [3.63, 3.8) is 0 Å². The van der Waals surface area contributed by atoms with E-state index in [1.165, 1.54) is 45.2 Å². The minimum Gasteiger partial charge on any atom is -0.356 e. The third-order valence-corrected chi connectivity index (χ3v) is 6.78. The summed E-state index contributed by atoms with van der Waals surface area (Å²) in [6.07, 6.45) is 8.27. The Morgan fingerprint density at radius 2 is 1.85 bits per heavy atom. The number of nitrogens with one attached hydrogen (secondary N) is 1. The van der Waals surface area contributed by atoms with Crippen LogP contribution in [0.25, 0.3) is 0 Å². The van der Waals surface area contributed by atoms with E-state index >= 15 is 0 Å². The van der Waals surface area contributed by atoms with E-state index in [1.54, 1.807) is 6.07 Å². The first-order valence-electron chi connectivity index (χ1n) is 10.5. The Bertz CT molecular complexity index is 630. The van der Waals surface area contributed by atoms with Crippen molar-refractivity contribution >= 4 is 23.3 Å². The zero-order chi connectivity index (χ0) is 18.6. The highest BCUT2D eigenvalue weighted by Crippen LogP contribution is 2.30. The molecular weight excluding hydrogens is 362 g/mol. The highest BCUT2D eigenvalue weighted by molar-refractivity contribution is 6.29. The van der Waals surface area contributed by atoms with Crippen molar-refractivity contribution in [1.82, 2.24) is 20.4 Å². The number of anilines is 1. The number of rotatable bonds is 4. The summed E-state index contributed by atoms with van der Waals surface area (Å²) in [6, 6.07) is 4.36. The van der Waals surface area contributed by atoms with Crippen LogP contribution in [0.1, 0.15) is 44.9 Å². The summed E-state index contributed by atoms with van der Waals surface area (Å²) in [5.41, 5.74) is 0. The molecule has 6 nitrogen and oxygen atoms in total. The molecule has 0 spiro atoms. The Hall–Kier alpha value is -1.40. The van der Waals surface area contributed by atoms with Gasteiger partial charge in [-0.05, 0) is 69.7 Å². The van der Waals surface area contributed by atoms with Gasteiger partial charge in [0.25, 0.3) is 0 Å². The number of aromatic nitrogens is 2. The molecule has 0 radical (unpaired) electrons. The van der Waals surface area contributed by atoms with Gasteiger partial charge in [-0.2, -0.15) is 0 Å². The summed E-state index contributed by atoms with van der Waals surface area (Å²) in [7, 11) is 0. The molecule has 7 heteroatoms. The van der Waals surface area contributed by atoms with Gasteiger partial charge in [0.05, 0.1) is 0 Å². The van der Waals surface area contributed by atoms with E-state index in [1.807, 2.05) is 6.07 Å². The quantitative estimate of drug-likeness (QED) is 0.855. The van der Waals surface area contributed by atoms with E-state index in [2.05, 4.69) is 25.3 Å². The van der Waals surface area contributed by atoms with Crippen LogP contribution in [0.3, 0.4) is 0 Å². The minimum absolute atomic E-state index is 0.118. The first kappa shape index (κ1) is 18.9. The monoisotopic (exact) mass is 391 g/mol. The lowest BCUT2D eigenvalue weighted by molar-refractivity contribution is -0.126. The fourth-order valence-corrected chi connectivity index (χ4v) is 5.14. The second-order valence-corrected chi connectivity index (χ2v) is 8.61. The van der Waals surface area contributed by atoms with Crippen LogP contribution in [0.15, 0.2) is 12.1 Å². The summed E-state index contributed by atoms with van der Waals surface area (Å²) in [4.78, 5) is 17.6. The maximum atomic E-state index is 12.7. The van der Waals surface area contributed by atoms with Crippen LogP contribution in [0.5, 0.6) is 0 Å². The summed E-state index contributed by atoms with van der Waals surface area (Å²) >= 11 is 5.81. The number of carbonyl (C=O) groups excluding carboxylic acids is 1. The number of hydrogen-bond acceptors (Lipinski definition) is 5. The molecule has 4 heterocycles. The fourth-order valence-electron chi connectivity index (χ4n) is 5.04. The van der Waals surface area contributed by atoms with Crippen molar-refractivity contribution in [1.29, 1.82) is 0 Å². The van der Waals surface area contributed by atoms with E-state index in [9.17, 15) is 4.79 Å². The maximum Gasteiger partial charge on any atom is 0.223 e. The number of fused-ring (bicyclic) bond motifs is 1. The number of carbonyl (C=O) groups is 1. The van der Waals surface area contributed by atoms with E-state index < -0.39 is 0 Å². The highest BCUT2D eigenvalue weighted by atomic mass is 35.5. The molecule has 148 valence electrons. The van der Waals surface area contributed by atoms with Crippen molar-refractivity contribution in [2.45, 2.75) is 51.0 Å². The molecule has 1 aromatic rings. The summed E-state index contributed by atoms with van der Waals surface area (Å²) in [5.74, 6) is 1.84. The molecule has 0 bridgehead atoms. The van der Waals surface area contributed by atoms with Crippen LogP contribution in [0.4, 0.5) is 5.82 Å². The summed E-state index contributed by atoms with van der Waals surface area (Å²) < 4.78 is 0. The van der Waals surface area contributed by atoms with Gasteiger partial charge in [-0.25, -0.2) is 0 Å². The number of nitrogens with zero attached hydrogens (tertiary/aromatic N) is 4. The Kier molecular flexibility index (Phi) is 6.13. The molecule has 0 unspecified atom stereocenters. The van der Waals surface area contributed by atoms with Crippen LogP contribution >= 0.6 is 11.6 Å². The molecule has 2 atom stereocenters. The summed E-state index contributed by atoms with van der Waals surface area (Å²) in [6.45, 7) is 5.04. The second-order valence-electron chi connectivity index (χ2n) is 8.22. The van der Waals surface area contributed by atoms with Gasteiger partial charge in [-0.15, -0.1) is 10.2 Å². The second kappa shape index (κ2) is 8.74. The van der Waals surface area contributed by atoms with Gasteiger partial charge in [-0.1, -0.05) is 18.0 Å². The molecule has 1 aromatic heterocycles. The van der Waals surface area contributed by atoms with Crippen molar-refractivity contribution in [3.05, 3.63) is 17.3 Å². The molecular formula is C20H30ClN5O. The van der Waals surface area contributed by atoms with Crippen molar-refractivity contribution in [2.24, 2.45) is 11.8 Å². The number of piperidine rings is 3. The number of hydrogen-bond donors (Lipinski definition) is 1. The van der Waals surface area contributed by atoms with Crippen LogP contribution < -0.4 is 10.2 Å². The number of halogens is 1. The van der Waals surface area contributed by atoms with Crippen molar-refractivity contribution in [2.75, 3.05) is 37.6 Å². The van der Waals surface area contributed by atoms with Crippen molar-refractivity contribution < 1.29 is 4.79 Å². The largest absolute Gasteiger partial charge is 0.356 e. The zero-order valence-electron chi connectivity index (χ0n) is 15.9. The third kappa shape index (κ3) is 4.54. The predicted octanol–water partition coefficient (Wildman–Crippen LogP) is 2.73. The lowest BCUT2D eigenvalue weighted by atomic mass is 9.83. The molecule has 3 saturated heterocycles. The minimum atomic E-state index is 0.118. The SMILES string of the molecule is O=C(NC[C@@H]1CCCN2CCCC[C@H]12)C1CCN(c2ccc(Cl)nn2)CC1. The first-order valence-corrected chi connectivity index (χ1v) is 10.8. The lowest BCUT2D eigenvalue weighted by Gasteiger charge is -2.44. The van der Waals surface area contributed by atoms with Gasteiger partial charge in [0.1, 0.15) is 0 Å². The third-order valence-electron chi connectivity index (χ3n) is 6.57. The molecule has 3 aliphatic heterocycles. The first-order chi connectivity index (χ1) is 13.2. The Balaban J connectivity index is 1.24. The molecule has 3 fully saturated rings. The molecule has 4 rings (SSSR count). The zero-order valence-corrected chi connectivity index (χ0v) is 16.7. The van der Waals surface area contributed by atoms with Crippen LogP contribution in [-0.4, -0.2) is 59.8 Å². The molecule has 0 aromatic carbocycles. The van der Waals surface area contributed by atoms with E-state index in [0.717, 1.165) is 38.3 Å². The van der Waals surface area contributed by atoms with E-state index in [4.69, 9.17) is 11.6 Å². The molecule has 0 saturated carbocycles. The maximum absolute atomic E-state index is 12.7. The van der Waals surface area contributed by atoms with Crippen molar-refractivity contribution in [3.8, 4) is 0 Å². The Labute approximate surface area is 166 Å². The number of amides is 1. The fraction of sp³-hybridized carbons (Fsp3) is 0.750.